The summed E-state index contributed by atoms with van der Waals surface area (Å²) in [5.41, 5.74) is 5.90. The van der Waals surface area contributed by atoms with Gasteiger partial charge in [-0.3, -0.25) is 0 Å². The van der Waals surface area contributed by atoms with Crippen molar-refractivity contribution >= 4 is 25.3 Å². The third-order valence-electron chi connectivity index (χ3n) is 6.43. The number of carboxylic acid groups (broad SMARTS) is 1. The zero-order valence-electron chi connectivity index (χ0n) is 18.8. The van der Waals surface area contributed by atoms with Gasteiger partial charge in [-0.05, 0) is 51.5 Å². The van der Waals surface area contributed by atoms with Gasteiger partial charge in [-0.25, -0.2) is 0 Å². The van der Waals surface area contributed by atoms with Gasteiger partial charge in [0, 0.05) is 0 Å². The minimum absolute atomic E-state index is 0.182. The largest absolute Gasteiger partial charge is 0.545 e. The predicted octanol–water partition coefficient (Wildman–Crippen LogP) is 5.82. The number of rotatable bonds is 4. The molecule has 154 valence electrons. The van der Waals surface area contributed by atoms with Crippen LogP contribution < -0.4 is 5.11 Å². The summed E-state index contributed by atoms with van der Waals surface area (Å²) in [4.78, 5) is 11.0. The first kappa shape index (κ1) is 21.6. The van der Waals surface area contributed by atoms with Crippen LogP contribution in [0.25, 0.3) is 11.3 Å². The van der Waals surface area contributed by atoms with E-state index in [9.17, 15) is 9.90 Å². The van der Waals surface area contributed by atoms with Gasteiger partial charge < -0.3 is 9.90 Å². The summed E-state index contributed by atoms with van der Waals surface area (Å²) in [7, 11) is -1.64. The number of hydrogen-bond donors (Lipinski definition) is 0. The molecule has 0 fully saturated rings. The van der Waals surface area contributed by atoms with Gasteiger partial charge in [0.15, 0.2) is 0 Å². The molecule has 0 saturated carbocycles. The molecule has 0 spiro atoms. The maximum atomic E-state index is 11.0. The third kappa shape index (κ3) is 4.40. The second kappa shape index (κ2) is 7.28. The van der Waals surface area contributed by atoms with Gasteiger partial charge in [0.2, 0.25) is 0 Å². The number of aromatic carboxylic acids is 1. The van der Waals surface area contributed by atoms with E-state index < -0.39 is 14.0 Å². The lowest BCUT2D eigenvalue weighted by atomic mass is 9.63. The van der Waals surface area contributed by atoms with Gasteiger partial charge in [-0.2, -0.15) is 0 Å². The molecule has 0 unspecified atom stereocenters. The first-order chi connectivity index (χ1) is 13.3. The Morgan fingerprint density at radius 3 is 1.90 bits per heavy atom. The van der Waals surface area contributed by atoms with Gasteiger partial charge >= 0.3 is 0 Å². The molecule has 0 radical (unpaired) electrons. The van der Waals surface area contributed by atoms with E-state index >= 15 is 0 Å². The van der Waals surface area contributed by atoms with Crippen LogP contribution in [-0.2, 0) is 10.8 Å². The first-order valence-electron chi connectivity index (χ1n) is 10.5. The van der Waals surface area contributed by atoms with Crippen molar-refractivity contribution in [1.82, 2.24) is 0 Å². The van der Waals surface area contributed by atoms with E-state index in [1.807, 2.05) is 12.1 Å². The van der Waals surface area contributed by atoms with Crippen LogP contribution in [0.2, 0.25) is 19.6 Å². The van der Waals surface area contributed by atoms with E-state index in [1.54, 1.807) is 12.1 Å². The molecule has 0 atom stereocenters. The summed E-state index contributed by atoms with van der Waals surface area (Å²) in [5, 5.41) is 12.4. The van der Waals surface area contributed by atoms with Crippen LogP contribution in [0.15, 0.2) is 42.5 Å². The van der Waals surface area contributed by atoms with Crippen molar-refractivity contribution in [3.8, 4) is 0 Å². The number of hydrogen-bond acceptors (Lipinski definition) is 2. The topological polar surface area (TPSA) is 40.1 Å². The van der Waals surface area contributed by atoms with Crippen molar-refractivity contribution in [1.29, 1.82) is 0 Å². The standard InChI is InChI=1S/C26H34O2Si/c1-25(2)14-15-26(3,4)22-17-20(12-13-21(22)25)23(29(5,6)7)16-18-8-10-19(11-9-18)24(27)28/h8-13,16-17H,14-15H2,1-7H3,(H,27,28)/p-1/b23-16-. The fraction of sp³-hybridized carbons (Fsp3) is 0.423. The number of carbonyl (C=O) groups is 1. The van der Waals surface area contributed by atoms with Crippen LogP contribution in [0.3, 0.4) is 0 Å². The lowest BCUT2D eigenvalue weighted by Gasteiger charge is -2.42. The summed E-state index contributed by atoms with van der Waals surface area (Å²) in [6, 6.07) is 14.1. The van der Waals surface area contributed by atoms with Crippen molar-refractivity contribution in [2.75, 3.05) is 0 Å². The molecular formula is C26H33O2Si-. The van der Waals surface area contributed by atoms with Gasteiger partial charge in [-0.1, -0.05) is 101 Å². The van der Waals surface area contributed by atoms with Crippen LogP contribution in [0, 0.1) is 0 Å². The quantitative estimate of drug-likeness (QED) is 0.475. The summed E-state index contributed by atoms with van der Waals surface area (Å²) in [6.07, 6.45) is 4.66. The fourth-order valence-corrected chi connectivity index (χ4v) is 5.99. The maximum absolute atomic E-state index is 11.0. The first-order valence-corrected chi connectivity index (χ1v) is 14.0. The summed E-state index contributed by atoms with van der Waals surface area (Å²) in [6.45, 7) is 16.5. The van der Waals surface area contributed by atoms with Gasteiger partial charge in [0.05, 0.1) is 14.0 Å². The highest BCUT2D eigenvalue weighted by atomic mass is 28.3. The average Bonchev–Trinajstić information content (AvgIpc) is 2.63. The highest BCUT2D eigenvalue weighted by molar-refractivity contribution is 6.94. The normalized spacial score (nSPS) is 18.2. The maximum Gasteiger partial charge on any atom is 0.0784 e. The van der Waals surface area contributed by atoms with Crippen molar-refractivity contribution in [2.45, 2.75) is 71.0 Å². The molecule has 0 bridgehead atoms. The Hall–Kier alpha value is -2.13. The highest BCUT2D eigenvalue weighted by Gasteiger charge is 2.37. The zero-order chi connectivity index (χ0) is 21.6. The summed E-state index contributed by atoms with van der Waals surface area (Å²) >= 11 is 0. The van der Waals surface area contributed by atoms with E-state index in [1.165, 1.54) is 34.7 Å². The molecule has 0 aliphatic heterocycles. The summed E-state index contributed by atoms with van der Waals surface area (Å²) < 4.78 is 0. The van der Waals surface area contributed by atoms with Gasteiger partial charge in [-0.15, -0.1) is 0 Å². The SMILES string of the molecule is CC1(C)CCC(C)(C)c2cc(/C(=C/c3ccc(C(=O)[O-])cc3)[Si](C)(C)C)ccc21. The van der Waals surface area contributed by atoms with Crippen molar-refractivity contribution in [3.63, 3.8) is 0 Å². The summed E-state index contributed by atoms with van der Waals surface area (Å²) in [5.74, 6) is -1.13. The molecule has 0 amide bonds. The Morgan fingerprint density at radius 1 is 0.862 bits per heavy atom. The van der Waals surface area contributed by atoms with Crippen LogP contribution in [-0.4, -0.2) is 14.0 Å². The Bertz CT molecular complexity index is 957. The Morgan fingerprint density at radius 2 is 1.38 bits per heavy atom. The smallest absolute Gasteiger partial charge is 0.0784 e. The lowest BCUT2D eigenvalue weighted by molar-refractivity contribution is -0.255. The number of carbonyl (C=O) groups excluding carboxylic acids is 1. The Labute approximate surface area is 176 Å². The van der Waals surface area contributed by atoms with Crippen LogP contribution in [0.5, 0.6) is 0 Å². The van der Waals surface area contributed by atoms with Crippen LogP contribution in [0.4, 0.5) is 0 Å². The van der Waals surface area contributed by atoms with E-state index in [4.69, 9.17) is 0 Å². The lowest BCUT2D eigenvalue weighted by Crippen LogP contribution is -2.34. The minimum atomic E-state index is -1.64. The number of fused-ring (bicyclic) bond motifs is 1. The molecule has 0 heterocycles. The van der Waals surface area contributed by atoms with Crippen LogP contribution >= 0.6 is 0 Å². The molecule has 2 aromatic carbocycles. The van der Waals surface area contributed by atoms with Crippen molar-refractivity contribution in [3.05, 3.63) is 70.3 Å². The van der Waals surface area contributed by atoms with E-state index in [0.29, 0.717) is 0 Å². The van der Waals surface area contributed by atoms with E-state index in [2.05, 4.69) is 71.6 Å². The van der Waals surface area contributed by atoms with Crippen molar-refractivity contribution in [2.24, 2.45) is 0 Å². The van der Waals surface area contributed by atoms with E-state index in [-0.39, 0.29) is 16.4 Å². The predicted molar refractivity (Wildman–Crippen MR) is 124 cm³/mol. The molecule has 3 rings (SSSR count). The Kier molecular flexibility index (Phi) is 5.42. The molecule has 29 heavy (non-hydrogen) atoms. The van der Waals surface area contributed by atoms with Gasteiger partial charge in [0.1, 0.15) is 0 Å². The number of benzene rings is 2. The highest BCUT2D eigenvalue weighted by Crippen LogP contribution is 2.46. The molecule has 2 aromatic rings. The third-order valence-corrected chi connectivity index (χ3v) is 8.48. The molecule has 0 aromatic heterocycles. The second-order valence-corrected chi connectivity index (χ2v) is 15.8. The Balaban J connectivity index is 2.13. The molecule has 1 aliphatic carbocycles. The molecule has 0 N–H and O–H groups in total. The zero-order valence-corrected chi connectivity index (χ0v) is 19.8. The molecule has 2 nitrogen and oxygen atoms in total. The average molecular weight is 406 g/mol. The van der Waals surface area contributed by atoms with E-state index in [0.717, 1.165) is 5.56 Å². The van der Waals surface area contributed by atoms with Crippen molar-refractivity contribution < 1.29 is 9.90 Å². The molecule has 0 saturated heterocycles. The minimum Gasteiger partial charge on any atom is -0.545 e. The monoisotopic (exact) mass is 405 g/mol. The van der Waals surface area contributed by atoms with Crippen LogP contribution in [0.1, 0.15) is 73.1 Å². The fourth-order valence-electron chi connectivity index (χ4n) is 4.37. The van der Waals surface area contributed by atoms with Gasteiger partial charge in [0.25, 0.3) is 0 Å². The molecule has 1 aliphatic rings. The molecular weight excluding hydrogens is 372 g/mol. The number of carboxylic acids is 1. The molecule has 3 heteroatoms. The second-order valence-electron chi connectivity index (χ2n) is 10.7.